The van der Waals surface area contributed by atoms with Crippen molar-refractivity contribution >= 4 is 17.8 Å². The first-order valence-corrected chi connectivity index (χ1v) is 11.1. The minimum atomic E-state index is -4.46. The van der Waals surface area contributed by atoms with Gasteiger partial charge in [0.25, 0.3) is 11.8 Å². The Bertz CT molecular complexity index is 1000. The number of carbonyl (C=O) groups is 3. The summed E-state index contributed by atoms with van der Waals surface area (Å²) in [7, 11) is 0. The van der Waals surface area contributed by atoms with Crippen molar-refractivity contribution in [2.45, 2.75) is 45.0 Å². The minimum Gasteiger partial charge on any atom is -0.452 e. The number of amides is 2. The van der Waals surface area contributed by atoms with Gasteiger partial charge in [-0.05, 0) is 56.5 Å². The minimum absolute atomic E-state index is 0.159. The molecule has 1 aliphatic heterocycles. The Morgan fingerprint density at radius 3 is 2.12 bits per heavy atom. The maximum atomic E-state index is 12.7. The van der Waals surface area contributed by atoms with Crippen LogP contribution in [-0.4, -0.2) is 41.9 Å². The Kier molecular flexibility index (Phi) is 7.96. The van der Waals surface area contributed by atoms with E-state index in [-0.39, 0.29) is 30.6 Å². The van der Waals surface area contributed by atoms with E-state index < -0.39 is 35.6 Å². The zero-order valence-corrected chi connectivity index (χ0v) is 19.0. The Hall–Kier alpha value is -3.36. The molecule has 2 unspecified atom stereocenters. The predicted molar refractivity (Wildman–Crippen MR) is 119 cm³/mol. The second kappa shape index (κ2) is 10.7. The zero-order valence-electron chi connectivity index (χ0n) is 19.0. The second-order valence-corrected chi connectivity index (χ2v) is 8.36. The first-order chi connectivity index (χ1) is 16.1. The fourth-order valence-corrected chi connectivity index (χ4v) is 3.78. The third-order valence-electron chi connectivity index (χ3n) is 5.90. The van der Waals surface area contributed by atoms with Gasteiger partial charge in [-0.25, -0.2) is 0 Å². The van der Waals surface area contributed by atoms with Gasteiger partial charge in [0.1, 0.15) is 0 Å². The molecule has 182 valence electrons. The van der Waals surface area contributed by atoms with Crippen LogP contribution in [0.5, 0.6) is 0 Å². The molecule has 2 amide bonds. The summed E-state index contributed by atoms with van der Waals surface area (Å²) < 4.78 is 43.5. The SMILES string of the molecule is CC(OC(=O)C1CCN(C(=O)c2ccc(C(F)(F)F)cc2)CC1)C(=O)NC(C)c1ccccc1. The van der Waals surface area contributed by atoms with Crippen LogP contribution >= 0.6 is 0 Å². The number of ether oxygens (including phenoxy) is 1. The molecule has 1 aliphatic rings. The number of halogens is 3. The van der Waals surface area contributed by atoms with E-state index in [1.165, 1.54) is 11.8 Å². The lowest BCUT2D eigenvalue weighted by Gasteiger charge is -2.31. The van der Waals surface area contributed by atoms with E-state index in [4.69, 9.17) is 4.74 Å². The van der Waals surface area contributed by atoms with Crippen LogP contribution in [0.1, 0.15) is 54.2 Å². The van der Waals surface area contributed by atoms with E-state index in [0.29, 0.717) is 12.8 Å². The van der Waals surface area contributed by atoms with Crippen molar-refractivity contribution in [3.05, 3.63) is 71.3 Å². The van der Waals surface area contributed by atoms with E-state index in [1.54, 1.807) is 0 Å². The van der Waals surface area contributed by atoms with E-state index in [9.17, 15) is 27.6 Å². The highest BCUT2D eigenvalue weighted by atomic mass is 19.4. The number of carbonyl (C=O) groups excluding carboxylic acids is 3. The maximum absolute atomic E-state index is 12.7. The van der Waals surface area contributed by atoms with Crippen molar-refractivity contribution in [3.8, 4) is 0 Å². The zero-order chi connectivity index (χ0) is 24.9. The largest absolute Gasteiger partial charge is 0.452 e. The normalized spacial score (nSPS) is 16.4. The average molecular weight is 476 g/mol. The van der Waals surface area contributed by atoms with Gasteiger partial charge in [0.2, 0.25) is 0 Å². The Balaban J connectivity index is 1.47. The number of alkyl halides is 3. The number of likely N-dealkylation sites (tertiary alicyclic amines) is 1. The standard InChI is InChI=1S/C25H27F3N2O4/c1-16(18-6-4-3-5-7-18)29-22(31)17(2)34-24(33)20-12-14-30(15-13-20)23(32)19-8-10-21(11-9-19)25(26,27)28/h3-11,16-17,20H,12-15H2,1-2H3,(H,29,31). The molecule has 0 spiro atoms. The fourth-order valence-electron chi connectivity index (χ4n) is 3.78. The first-order valence-electron chi connectivity index (χ1n) is 11.1. The lowest BCUT2D eigenvalue weighted by molar-refractivity contribution is -0.160. The highest BCUT2D eigenvalue weighted by molar-refractivity contribution is 5.94. The van der Waals surface area contributed by atoms with Crippen molar-refractivity contribution in [1.29, 1.82) is 0 Å². The van der Waals surface area contributed by atoms with Crippen LogP contribution in [0.4, 0.5) is 13.2 Å². The summed E-state index contributed by atoms with van der Waals surface area (Å²) >= 11 is 0. The molecule has 34 heavy (non-hydrogen) atoms. The third-order valence-corrected chi connectivity index (χ3v) is 5.90. The van der Waals surface area contributed by atoms with Crippen molar-refractivity contribution in [2.75, 3.05) is 13.1 Å². The van der Waals surface area contributed by atoms with Crippen molar-refractivity contribution < 1.29 is 32.3 Å². The number of hydrogen-bond acceptors (Lipinski definition) is 4. The van der Waals surface area contributed by atoms with Crippen LogP contribution in [0.25, 0.3) is 0 Å². The highest BCUT2D eigenvalue weighted by Crippen LogP contribution is 2.29. The van der Waals surface area contributed by atoms with E-state index in [0.717, 1.165) is 29.8 Å². The van der Waals surface area contributed by atoms with Gasteiger partial charge in [-0.15, -0.1) is 0 Å². The molecule has 2 aromatic rings. The molecule has 1 saturated heterocycles. The molecule has 9 heteroatoms. The molecule has 0 aromatic heterocycles. The molecule has 1 N–H and O–H groups in total. The number of rotatable bonds is 6. The van der Waals surface area contributed by atoms with Crippen LogP contribution in [0.2, 0.25) is 0 Å². The maximum Gasteiger partial charge on any atom is 0.416 e. The number of nitrogens with one attached hydrogen (secondary N) is 1. The molecule has 2 atom stereocenters. The molecule has 6 nitrogen and oxygen atoms in total. The van der Waals surface area contributed by atoms with E-state index in [1.807, 2.05) is 37.3 Å². The molecule has 0 radical (unpaired) electrons. The predicted octanol–water partition coefficient (Wildman–Crippen LogP) is 4.37. The number of benzene rings is 2. The van der Waals surface area contributed by atoms with Crippen LogP contribution < -0.4 is 5.32 Å². The molecule has 0 aliphatic carbocycles. The third kappa shape index (κ3) is 6.36. The molecule has 0 saturated carbocycles. The summed E-state index contributed by atoms with van der Waals surface area (Å²) in [6.07, 6.45) is -4.74. The van der Waals surface area contributed by atoms with Gasteiger partial charge in [0.05, 0.1) is 17.5 Å². The van der Waals surface area contributed by atoms with Gasteiger partial charge in [-0.3, -0.25) is 14.4 Å². The van der Waals surface area contributed by atoms with Crippen LogP contribution in [0.15, 0.2) is 54.6 Å². The van der Waals surface area contributed by atoms with Gasteiger partial charge in [0.15, 0.2) is 6.10 Å². The van der Waals surface area contributed by atoms with Crippen LogP contribution in [-0.2, 0) is 20.5 Å². The second-order valence-electron chi connectivity index (χ2n) is 8.36. The van der Waals surface area contributed by atoms with Gasteiger partial charge in [-0.2, -0.15) is 13.2 Å². The van der Waals surface area contributed by atoms with Crippen LogP contribution in [0, 0.1) is 5.92 Å². The fraction of sp³-hybridized carbons (Fsp3) is 0.400. The van der Waals surface area contributed by atoms with Crippen LogP contribution in [0.3, 0.4) is 0 Å². The lowest BCUT2D eigenvalue weighted by Crippen LogP contribution is -2.42. The summed E-state index contributed by atoms with van der Waals surface area (Å²) in [6, 6.07) is 13.2. The summed E-state index contributed by atoms with van der Waals surface area (Å²) in [5.41, 5.74) is 0.271. The van der Waals surface area contributed by atoms with Crippen molar-refractivity contribution in [1.82, 2.24) is 10.2 Å². The molecular weight excluding hydrogens is 449 g/mol. The average Bonchev–Trinajstić information content (AvgIpc) is 2.83. The summed E-state index contributed by atoms with van der Waals surface area (Å²) in [5, 5.41) is 2.82. The monoisotopic (exact) mass is 476 g/mol. The molecule has 2 aromatic carbocycles. The van der Waals surface area contributed by atoms with Crippen molar-refractivity contribution in [2.24, 2.45) is 5.92 Å². The molecular formula is C25H27F3N2O4. The topological polar surface area (TPSA) is 75.7 Å². The van der Waals surface area contributed by atoms with Gasteiger partial charge < -0.3 is 15.0 Å². The Morgan fingerprint density at radius 2 is 1.56 bits per heavy atom. The lowest BCUT2D eigenvalue weighted by atomic mass is 9.96. The number of piperidine rings is 1. The number of hydrogen-bond donors (Lipinski definition) is 1. The molecule has 0 bridgehead atoms. The quantitative estimate of drug-likeness (QED) is 0.629. The number of esters is 1. The number of nitrogens with zero attached hydrogens (tertiary/aromatic N) is 1. The smallest absolute Gasteiger partial charge is 0.416 e. The summed E-state index contributed by atoms with van der Waals surface area (Å²) in [4.78, 5) is 39.1. The molecule has 1 fully saturated rings. The van der Waals surface area contributed by atoms with Crippen molar-refractivity contribution in [3.63, 3.8) is 0 Å². The molecule has 3 rings (SSSR count). The summed E-state index contributed by atoms with van der Waals surface area (Å²) in [5.74, 6) is -1.75. The first kappa shape index (κ1) is 25.3. The highest BCUT2D eigenvalue weighted by Gasteiger charge is 2.32. The Labute approximate surface area is 196 Å². The van der Waals surface area contributed by atoms with Gasteiger partial charge in [0, 0.05) is 18.7 Å². The van der Waals surface area contributed by atoms with E-state index in [2.05, 4.69) is 5.32 Å². The van der Waals surface area contributed by atoms with E-state index >= 15 is 0 Å². The van der Waals surface area contributed by atoms with Gasteiger partial charge >= 0.3 is 12.1 Å². The molecule has 1 heterocycles. The van der Waals surface area contributed by atoms with Gasteiger partial charge in [-0.1, -0.05) is 30.3 Å². The summed E-state index contributed by atoms with van der Waals surface area (Å²) in [6.45, 7) is 3.88. The Morgan fingerprint density at radius 1 is 0.971 bits per heavy atom.